The van der Waals surface area contributed by atoms with Gasteiger partial charge in [0.15, 0.2) is 0 Å². The van der Waals surface area contributed by atoms with Crippen LogP contribution in [0.1, 0.15) is 26.3 Å². The third-order valence-electron chi connectivity index (χ3n) is 2.92. The van der Waals surface area contributed by atoms with Crippen LogP contribution in [-0.4, -0.2) is 25.3 Å². The van der Waals surface area contributed by atoms with Gasteiger partial charge in [0.1, 0.15) is 5.82 Å². The fourth-order valence-electron chi connectivity index (χ4n) is 1.97. The fraction of sp³-hybridized carbons (Fsp3) is 0.571. The van der Waals surface area contributed by atoms with Crippen LogP contribution in [0.25, 0.3) is 0 Å². The van der Waals surface area contributed by atoms with E-state index in [9.17, 15) is 4.39 Å². The zero-order valence-corrected chi connectivity index (χ0v) is 12.8. The second-order valence-electron chi connectivity index (χ2n) is 4.26. The maximum atomic E-state index is 13.8. The third kappa shape index (κ3) is 4.67. The minimum Gasteiger partial charge on any atom is -0.377 e. The Morgan fingerprint density at radius 1 is 1.39 bits per heavy atom. The highest BCUT2D eigenvalue weighted by Gasteiger charge is 2.18. The first-order valence-electron chi connectivity index (χ1n) is 6.37. The van der Waals surface area contributed by atoms with Gasteiger partial charge in [-0.2, -0.15) is 0 Å². The Morgan fingerprint density at radius 3 is 2.67 bits per heavy atom. The molecule has 0 saturated heterocycles. The van der Waals surface area contributed by atoms with Crippen molar-refractivity contribution in [1.29, 1.82) is 0 Å². The van der Waals surface area contributed by atoms with Gasteiger partial charge in [-0.25, -0.2) is 4.39 Å². The first-order valence-corrected chi connectivity index (χ1v) is 7.16. The molecule has 0 radical (unpaired) electrons. The normalized spacial score (nSPS) is 14.5. The summed E-state index contributed by atoms with van der Waals surface area (Å²) in [6.07, 6.45) is 0.701. The Bertz CT molecular complexity index is 373. The lowest BCUT2D eigenvalue weighted by Crippen LogP contribution is -2.41. The number of hydrogen-bond acceptors (Lipinski definition) is 2. The average Bonchev–Trinajstić information content (AvgIpc) is 2.32. The molecule has 0 fully saturated rings. The van der Waals surface area contributed by atoms with E-state index in [1.165, 1.54) is 6.07 Å². The third-order valence-corrected chi connectivity index (χ3v) is 3.41. The van der Waals surface area contributed by atoms with E-state index in [0.717, 1.165) is 16.6 Å². The minimum absolute atomic E-state index is 0.0676. The van der Waals surface area contributed by atoms with Crippen molar-refractivity contribution in [2.75, 3.05) is 13.2 Å². The van der Waals surface area contributed by atoms with Crippen molar-refractivity contribution in [3.63, 3.8) is 0 Å². The summed E-state index contributed by atoms with van der Waals surface area (Å²) in [5.41, 5.74) is 0.718. The fourth-order valence-corrected chi connectivity index (χ4v) is 2.30. The molecule has 2 nitrogen and oxygen atoms in total. The molecule has 1 aromatic rings. The number of benzene rings is 1. The summed E-state index contributed by atoms with van der Waals surface area (Å²) in [5.74, 6) is -0.170. The molecule has 1 N–H and O–H groups in total. The molecule has 2 atom stereocenters. The number of likely N-dealkylation sites (N-methyl/N-ethyl adjacent to an activating group) is 1. The lowest BCUT2D eigenvalue weighted by molar-refractivity contribution is 0.0478. The molecule has 0 saturated carbocycles. The highest BCUT2D eigenvalue weighted by molar-refractivity contribution is 9.10. The maximum Gasteiger partial charge on any atom is 0.127 e. The van der Waals surface area contributed by atoms with E-state index in [0.29, 0.717) is 13.0 Å². The molecule has 2 unspecified atom stereocenters. The number of ether oxygens (including phenoxy) is 1. The zero-order valence-electron chi connectivity index (χ0n) is 11.2. The van der Waals surface area contributed by atoms with E-state index >= 15 is 0 Å². The summed E-state index contributed by atoms with van der Waals surface area (Å²) in [5, 5.41) is 3.35. The van der Waals surface area contributed by atoms with E-state index < -0.39 is 0 Å². The highest BCUT2D eigenvalue weighted by Crippen LogP contribution is 2.17. The summed E-state index contributed by atoms with van der Waals surface area (Å²) < 4.78 is 20.2. The van der Waals surface area contributed by atoms with Crippen molar-refractivity contribution in [3.05, 3.63) is 34.1 Å². The molecule has 0 aliphatic heterocycles. The molecule has 0 amide bonds. The second-order valence-corrected chi connectivity index (χ2v) is 5.18. The van der Waals surface area contributed by atoms with Gasteiger partial charge in [-0.3, -0.25) is 0 Å². The lowest BCUT2D eigenvalue weighted by atomic mass is 10.0. The van der Waals surface area contributed by atoms with Crippen LogP contribution < -0.4 is 5.32 Å². The van der Waals surface area contributed by atoms with Crippen molar-refractivity contribution < 1.29 is 9.13 Å². The summed E-state index contributed by atoms with van der Waals surface area (Å²) in [4.78, 5) is 0. The van der Waals surface area contributed by atoms with Gasteiger partial charge in [0.05, 0.1) is 6.10 Å². The molecule has 18 heavy (non-hydrogen) atoms. The van der Waals surface area contributed by atoms with E-state index in [1.807, 2.05) is 32.9 Å². The first kappa shape index (κ1) is 15.6. The number of halogens is 2. The van der Waals surface area contributed by atoms with Crippen LogP contribution in [0.4, 0.5) is 4.39 Å². The van der Waals surface area contributed by atoms with Gasteiger partial charge >= 0.3 is 0 Å². The van der Waals surface area contributed by atoms with Crippen molar-refractivity contribution in [2.45, 2.75) is 39.3 Å². The van der Waals surface area contributed by atoms with Gasteiger partial charge in [-0.05, 0) is 44.5 Å². The smallest absolute Gasteiger partial charge is 0.127 e. The summed E-state index contributed by atoms with van der Waals surface area (Å²) in [6, 6.07) is 5.32. The van der Waals surface area contributed by atoms with Crippen LogP contribution in [0.2, 0.25) is 0 Å². The lowest BCUT2D eigenvalue weighted by Gasteiger charge is -2.25. The summed E-state index contributed by atoms with van der Waals surface area (Å²) in [7, 11) is 0. The average molecular weight is 318 g/mol. The van der Waals surface area contributed by atoms with Crippen molar-refractivity contribution in [1.82, 2.24) is 5.32 Å². The molecular weight excluding hydrogens is 297 g/mol. The van der Waals surface area contributed by atoms with E-state index in [1.54, 1.807) is 0 Å². The Morgan fingerprint density at radius 2 is 2.11 bits per heavy atom. The number of hydrogen-bond donors (Lipinski definition) is 1. The number of rotatable bonds is 7. The van der Waals surface area contributed by atoms with Crippen LogP contribution in [-0.2, 0) is 11.2 Å². The van der Waals surface area contributed by atoms with Gasteiger partial charge < -0.3 is 10.1 Å². The molecule has 0 aromatic heterocycles. The molecule has 102 valence electrons. The first-order chi connectivity index (χ1) is 8.58. The number of nitrogens with one attached hydrogen (secondary N) is 1. The molecule has 0 aliphatic carbocycles. The van der Waals surface area contributed by atoms with Gasteiger partial charge in [-0.1, -0.05) is 28.9 Å². The second kappa shape index (κ2) is 7.87. The SMILES string of the molecule is CCNC(Cc1ccc(Br)cc1F)C(C)OCC. The zero-order chi connectivity index (χ0) is 13.5. The van der Waals surface area contributed by atoms with Gasteiger partial charge in [0.25, 0.3) is 0 Å². The van der Waals surface area contributed by atoms with Crippen LogP contribution in [0.5, 0.6) is 0 Å². The van der Waals surface area contributed by atoms with Gasteiger partial charge in [0, 0.05) is 17.1 Å². The summed E-state index contributed by atoms with van der Waals surface area (Å²) >= 11 is 3.27. The molecule has 1 rings (SSSR count). The van der Waals surface area contributed by atoms with Crippen LogP contribution in [0, 0.1) is 5.82 Å². The quantitative estimate of drug-likeness (QED) is 0.830. The van der Waals surface area contributed by atoms with E-state index in [2.05, 4.69) is 21.2 Å². The van der Waals surface area contributed by atoms with Gasteiger partial charge in [-0.15, -0.1) is 0 Å². The Hall–Kier alpha value is -0.450. The predicted octanol–water partition coefficient (Wildman–Crippen LogP) is 3.53. The standard InChI is InChI=1S/C14H21BrFNO/c1-4-17-14(10(3)18-5-2)8-11-6-7-12(15)9-13(11)16/h6-7,9-10,14,17H,4-5,8H2,1-3H3. The molecule has 0 heterocycles. The molecule has 0 aliphatic rings. The van der Waals surface area contributed by atoms with Crippen LogP contribution in [0.3, 0.4) is 0 Å². The summed E-state index contributed by atoms with van der Waals surface area (Å²) in [6.45, 7) is 7.56. The van der Waals surface area contributed by atoms with Crippen LogP contribution >= 0.6 is 15.9 Å². The van der Waals surface area contributed by atoms with Crippen molar-refractivity contribution in [3.8, 4) is 0 Å². The van der Waals surface area contributed by atoms with Crippen molar-refractivity contribution >= 4 is 15.9 Å². The predicted molar refractivity (Wildman–Crippen MR) is 76.4 cm³/mol. The Kier molecular flexibility index (Phi) is 6.82. The minimum atomic E-state index is -0.170. The largest absolute Gasteiger partial charge is 0.377 e. The Labute approximate surface area is 117 Å². The molecule has 4 heteroatoms. The highest BCUT2D eigenvalue weighted by atomic mass is 79.9. The van der Waals surface area contributed by atoms with E-state index in [4.69, 9.17) is 4.74 Å². The van der Waals surface area contributed by atoms with Crippen LogP contribution in [0.15, 0.2) is 22.7 Å². The monoisotopic (exact) mass is 317 g/mol. The Balaban J connectivity index is 2.75. The topological polar surface area (TPSA) is 21.3 Å². The van der Waals surface area contributed by atoms with Crippen molar-refractivity contribution in [2.24, 2.45) is 0 Å². The van der Waals surface area contributed by atoms with Gasteiger partial charge in [0.2, 0.25) is 0 Å². The maximum absolute atomic E-state index is 13.8. The molecule has 1 aromatic carbocycles. The molecular formula is C14H21BrFNO. The molecule has 0 bridgehead atoms. The molecule has 0 spiro atoms. The van der Waals surface area contributed by atoms with E-state index in [-0.39, 0.29) is 18.0 Å².